The van der Waals surface area contributed by atoms with Gasteiger partial charge in [-0.2, -0.15) is 13.9 Å². The van der Waals surface area contributed by atoms with Crippen molar-refractivity contribution < 1.29 is 13.5 Å². The summed E-state index contributed by atoms with van der Waals surface area (Å²) < 4.78 is 31.8. The molecule has 4 rings (SSSR count). The summed E-state index contributed by atoms with van der Waals surface area (Å²) in [5.41, 5.74) is 1.71. The van der Waals surface area contributed by atoms with Gasteiger partial charge in [-0.25, -0.2) is 9.67 Å². The lowest BCUT2D eigenvalue weighted by Gasteiger charge is -2.22. The number of hydrogen-bond acceptors (Lipinski definition) is 5. The molecule has 8 nitrogen and oxygen atoms in total. The summed E-state index contributed by atoms with van der Waals surface area (Å²) in [7, 11) is 1.72. The summed E-state index contributed by atoms with van der Waals surface area (Å²) in [5.74, 6) is 1.61. The zero-order valence-corrected chi connectivity index (χ0v) is 17.7. The second-order valence-corrected chi connectivity index (χ2v) is 7.32. The lowest BCUT2D eigenvalue weighted by Crippen LogP contribution is -2.44. The van der Waals surface area contributed by atoms with Crippen molar-refractivity contribution in [3.05, 3.63) is 66.6 Å². The van der Waals surface area contributed by atoms with Gasteiger partial charge in [0.25, 0.3) is 0 Å². The third-order valence-electron chi connectivity index (χ3n) is 5.18. The Kier molecular flexibility index (Phi) is 6.78. The van der Waals surface area contributed by atoms with Crippen LogP contribution in [-0.4, -0.2) is 53.5 Å². The molecule has 2 aromatic heterocycles. The first-order valence-corrected chi connectivity index (χ1v) is 10.3. The molecule has 168 valence electrons. The SMILES string of the molecule is CN=C(NCc1ccnc(-n2cccn2)c1)NC1CCN(c2ccccc2OC(F)F)C1. The predicted molar refractivity (Wildman–Crippen MR) is 118 cm³/mol. The molecule has 3 aromatic rings. The lowest BCUT2D eigenvalue weighted by molar-refractivity contribution is -0.0495. The van der Waals surface area contributed by atoms with E-state index >= 15 is 0 Å². The summed E-state index contributed by atoms with van der Waals surface area (Å²) >= 11 is 0. The average Bonchev–Trinajstić information content (AvgIpc) is 3.49. The second-order valence-electron chi connectivity index (χ2n) is 7.32. The van der Waals surface area contributed by atoms with E-state index in [2.05, 4.69) is 30.4 Å². The highest BCUT2D eigenvalue weighted by Gasteiger charge is 2.26. The Balaban J connectivity index is 1.33. The number of para-hydroxylation sites is 2. The summed E-state index contributed by atoms with van der Waals surface area (Å²) in [4.78, 5) is 10.7. The highest BCUT2D eigenvalue weighted by molar-refractivity contribution is 5.80. The number of alkyl halides is 2. The van der Waals surface area contributed by atoms with Crippen LogP contribution in [-0.2, 0) is 6.54 Å². The molecule has 1 unspecified atom stereocenters. The number of guanidine groups is 1. The smallest absolute Gasteiger partial charge is 0.387 e. The normalized spacial score (nSPS) is 16.4. The molecule has 0 amide bonds. The van der Waals surface area contributed by atoms with Gasteiger partial charge in [-0.05, 0) is 42.3 Å². The minimum atomic E-state index is -2.85. The molecule has 1 fully saturated rings. The minimum absolute atomic E-state index is 0.123. The molecule has 0 saturated carbocycles. The van der Waals surface area contributed by atoms with Gasteiger partial charge in [-0.1, -0.05) is 12.1 Å². The first kappa shape index (κ1) is 21.5. The molecule has 1 aliphatic rings. The van der Waals surface area contributed by atoms with E-state index in [0.29, 0.717) is 24.7 Å². The Labute approximate surface area is 184 Å². The van der Waals surface area contributed by atoms with Crippen LogP contribution in [0.2, 0.25) is 0 Å². The summed E-state index contributed by atoms with van der Waals surface area (Å²) in [6.45, 7) is -0.894. The number of aliphatic imine (C=N–C) groups is 1. The Morgan fingerprint density at radius 1 is 1.25 bits per heavy atom. The predicted octanol–water partition coefficient (Wildman–Crippen LogP) is 2.81. The highest BCUT2D eigenvalue weighted by atomic mass is 19.3. The van der Waals surface area contributed by atoms with Crippen molar-refractivity contribution in [1.29, 1.82) is 0 Å². The Morgan fingerprint density at radius 2 is 2.12 bits per heavy atom. The van der Waals surface area contributed by atoms with Crippen LogP contribution in [0.5, 0.6) is 5.75 Å². The van der Waals surface area contributed by atoms with Gasteiger partial charge in [-0.3, -0.25) is 4.99 Å². The number of anilines is 1. The molecule has 1 aromatic carbocycles. The minimum Gasteiger partial charge on any atom is -0.433 e. The largest absolute Gasteiger partial charge is 0.433 e. The summed E-state index contributed by atoms with van der Waals surface area (Å²) in [6.07, 6.45) is 6.15. The molecule has 1 atom stereocenters. The van der Waals surface area contributed by atoms with Crippen LogP contribution in [0.1, 0.15) is 12.0 Å². The van der Waals surface area contributed by atoms with Crippen LogP contribution >= 0.6 is 0 Å². The van der Waals surface area contributed by atoms with E-state index in [9.17, 15) is 8.78 Å². The monoisotopic (exact) mass is 441 g/mol. The fourth-order valence-corrected chi connectivity index (χ4v) is 3.68. The van der Waals surface area contributed by atoms with Crippen LogP contribution in [0.15, 0.2) is 66.0 Å². The number of rotatable bonds is 7. The molecule has 2 N–H and O–H groups in total. The number of benzene rings is 1. The van der Waals surface area contributed by atoms with Crippen LogP contribution in [0, 0.1) is 0 Å². The van der Waals surface area contributed by atoms with Gasteiger partial charge in [-0.15, -0.1) is 0 Å². The topological polar surface area (TPSA) is 79.6 Å². The van der Waals surface area contributed by atoms with E-state index in [-0.39, 0.29) is 11.8 Å². The Hall–Kier alpha value is -3.69. The average molecular weight is 441 g/mol. The van der Waals surface area contributed by atoms with Gasteiger partial charge in [0, 0.05) is 51.3 Å². The standard InChI is InChI=1S/C22H25F2N7O/c1-25-22(27-14-16-7-10-26-20(13-16)31-11-4-9-28-31)29-17-8-12-30(15-17)18-5-2-3-6-19(18)32-21(23)24/h2-7,9-11,13,17,21H,8,12,14-15H2,1H3,(H2,25,27,29). The Morgan fingerprint density at radius 3 is 2.91 bits per heavy atom. The summed E-state index contributed by atoms with van der Waals surface area (Å²) in [6, 6.07) is 12.7. The van der Waals surface area contributed by atoms with E-state index in [0.717, 1.165) is 24.3 Å². The van der Waals surface area contributed by atoms with Gasteiger partial charge in [0.15, 0.2) is 11.8 Å². The van der Waals surface area contributed by atoms with Crippen molar-refractivity contribution in [2.24, 2.45) is 4.99 Å². The van der Waals surface area contributed by atoms with Crippen molar-refractivity contribution >= 4 is 11.6 Å². The molecule has 1 saturated heterocycles. The number of nitrogens with zero attached hydrogens (tertiary/aromatic N) is 5. The maximum atomic E-state index is 12.7. The van der Waals surface area contributed by atoms with Gasteiger partial charge < -0.3 is 20.3 Å². The van der Waals surface area contributed by atoms with Crippen molar-refractivity contribution in [2.75, 3.05) is 25.0 Å². The molecule has 0 radical (unpaired) electrons. The maximum absolute atomic E-state index is 12.7. The second kappa shape index (κ2) is 10.1. The van der Waals surface area contributed by atoms with Gasteiger partial charge >= 0.3 is 6.61 Å². The first-order valence-electron chi connectivity index (χ1n) is 10.3. The molecule has 1 aliphatic heterocycles. The molecule has 0 bridgehead atoms. The maximum Gasteiger partial charge on any atom is 0.387 e. The van der Waals surface area contributed by atoms with Gasteiger partial charge in [0.1, 0.15) is 5.75 Å². The quantitative estimate of drug-likeness (QED) is 0.434. The molecule has 3 heterocycles. The number of aromatic nitrogens is 3. The van der Waals surface area contributed by atoms with Crippen molar-refractivity contribution in [2.45, 2.75) is 25.6 Å². The van der Waals surface area contributed by atoms with Gasteiger partial charge in [0.2, 0.25) is 0 Å². The summed E-state index contributed by atoms with van der Waals surface area (Å²) in [5, 5.41) is 10.9. The number of nitrogens with one attached hydrogen (secondary N) is 2. The number of hydrogen-bond donors (Lipinski definition) is 2. The van der Waals surface area contributed by atoms with Crippen LogP contribution < -0.4 is 20.3 Å². The first-order chi connectivity index (χ1) is 15.6. The van der Waals surface area contributed by atoms with E-state index in [1.807, 2.05) is 35.4 Å². The zero-order chi connectivity index (χ0) is 22.3. The van der Waals surface area contributed by atoms with Crippen molar-refractivity contribution in [3.8, 4) is 11.6 Å². The van der Waals surface area contributed by atoms with Gasteiger partial charge in [0.05, 0.1) is 5.69 Å². The molecule has 32 heavy (non-hydrogen) atoms. The number of halogens is 2. The molecular weight excluding hydrogens is 416 g/mol. The molecule has 10 heteroatoms. The fraction of sp³-hybridized carbons (Fsp3) is 0.318. The third kappa shape index (κ3) is 5.32. The number of pyridine rings is 1. The van der Waals surface area contributed by atoms with Crippen LogP contribution in [0.25, 0.3) is 5.82 Å². The van der Waals surface area contributed by atoms with Crippen molar-refractivity contribution in [3.63, 3.8) is 0 Å². The number of ether oxygens (including phenoxy) is 1. The lowest BCUT2D eigenvalue weighted by atomic mass is 10.2. The molecule has 0 spiro atoms. The van der Waals surface area contributed by atoms with E-state index in [1.165, 1.54) is 0 Å². The van der Waals surface area contributed by atoms with Crippen LogP contribution in [0.3, 0.4) is 0 Å². The third-order valence-corrected chi connectivity index (χ3v) is 5.18. The molecule has 0 aliphatic carbocycles. The zero-order valence-electron chi connectivity index (χ0n) is 17.7. The fourth-order valence-electron chi connectivity index (χ4n) is 3.68. The van der Waals surface area contributed by atoms with Crippen molar-refractivity contribution in [1.82, 2.24) is 25.4 Å². The molecular formula is C22H25F2N7O. The van der Waals surface area contributed by atoms with Crippen LogP contribution in [0.4, 0.5) is 14.5 Å². The van der Waals surface area contributed by atoms with E-state index in [1.54, 1.807) is 42.3 Å². The highest BCUT2D eigenvalue weighted by Crippen LogP contribution is 2.31. The van der Waals surface area contributed by atoms with E-state index in [4.69, 9.17) is 0 Å². The Bertz CT molecular complexity index is 1040. The van der Waals surface area contributed by atoms with E-state index < -0.39 is 6.61 Å².